The maximum Gasteiger partial charge on any atom is 0.238 e. The Kier molecular flexibility index (Phi) is 5.59. The average Bonchev–Trinajstić information content (AvgIpc) is 2.48. The highest BCUT2D eigenvalue weighted by Gasteiger charge is 2.28. The number of rotatable bonds is 5. The number of ether oxygens (including phenoxy) is 1. The molecule has 116 valence electrons. The Balaban J connectivity index is 1.97. The molecule has 0 aliphatic carbocycles. The van der Waals surface area contributed by atoms with Crippen molar-refractivity contribution >= 4 is 11.6 Å². The zero-order valence-electron chi connectivity index (χ0n) is 12.8. The quantitative estimate of drug-likeness (QED) is 0.866. The summed E-state index contributed by atoms with van der Waals surface area (Å²) < 4.78 is 5.25. The number of hydrogen-bond donors (Lipinski definition) is 2. The van der Waals surface area contributed by atoms with Gasteiger partial charge in [-0.2, -0.15) is 0 Å². The average molecular weight is 291 g/mol. The summed E-state index contributed by atoms with van der Waals surface area (Å²) in [5, 5.41) is 2.92. The molecule has 5 nitrogen and oxygen atoms in total. The van der Waals surface area contributed by atoms with Crippen LogP contribution in [0.1, 0.15) is 19.8 Å². The lowest BCUT2D eigenvalue weighted by Gasteiger charge is -2.38. The molecule has 0 spiro atoms. The number of hydrogen-bond acceptors (Lipinski definition) is 4. The third-order valence-corrected chi connectivity index (χ3v) is 4.20. The molecule has 5 heteroatoms. The van der Waals surface area contributed by atoms with Crippen LogP contribution in [0.3, 0.4) is 0 Å². The zero-order valence-corrected chi connectivity index (χ0v) is 12.8. The molecule has 2 rings (SSSR count). The minimum atomic E-state index is -0.0212. The fourth-order valence-electron chi connectivity index (χ4n) is 3.03. The second-order valence-electron chi connectivity index (χ2n) is 5.64. The number of carbonyl (C=O) groups is 1. The van der Waals surface area contributed by atoms with E-state index in [-0.39, 0.29) is 5.91 Å². The number of likely N-dealkylation sites (tertiary alicyclic amines) is 1. The number of amides is 1. The van der Waals surface area contributed by atoms with Gasteiger partial charge in [0.15, 0.2) is 0 Å². The van der Waals surface area contributed by atoms with Crippen LogP contribution in [-0.2, 0) is 4.79 Å². The van der Waals surface area contributed by atoms with Gasteiger partial charge in [0.25, 0.3) is 0 Å². The van der Waals surface area contributed by atoms with Gasteiger partial charge in [-0.25, -0.2) is 0 Å². The first-order chi connectivity index (χ1) is 10.2. The largest absolute Gasteiger partial charge is 0.495 e. The smallest absolute Gasteiger partial charge is 0.238 e. The molecule has 1 aliphatic heterocycles. The SMILES string of the molecule is COc1ccccc1NC(=O)CN1CCCC(C)C1CN. The molecule has 1 amide bonds. The van der Waals surface area contributed by atoms with E-state index < -0.39 is 0 Å². The van der Waals surface area contributed by atoms with Crippen LogP contribution in [0, 0.1) is 5.92 Å². The summed E-state index contributed by atoms with van der Waals surface area (Å²) in [6.45, 7) is 4.13. The summed E-state index contributed by atoms with van der Waals surface area (Å²) >= 11 is 0. The Morgan fingerprint density at radius 1 is 1.48 bits per heavy atom. The van der Waals surface area contributed by atoms with Gasteiger partial charge in [-0.1, -0.05) is 19.1 Å². The van der Waals surface area contributed by atoms with E-state index in [9.17, 15) is 4.79 Å². The van der Waals surface area contributed by atoms with E-state index in [0.717, 1.165) is 13.0 Å². The van der Waals surface area contributed by atoms with E-state index in [4.69, 9.17) is 10.5 Å². The summed E-state index contributed by atoms with van der Waals surface area (Å²) in [6.07, 6.45) is 2.31. The molecule has 1 fully saturated rings. The molecule has 0 saturated carbocycles. The highest BCUT2D eigenvalue weighted by molar-refractivity contribution is 5.93. The molecule has 1 saturated heterocycles. The van der Waals surface area contributed by atoms with E-state index in [1.807, 2.05) is 24.3 Å². The number of piperidine rings is 1. The van der Waals surface area contributed by atoms with Crippen LogP contribution in [0.25, 0.3) is 0 Å². The lowest BCUT2D eigenvalue weighted by Crippen LogP contribution is -2.51. The molecule has 1 heterocycles. The van der Waals surface area contributed by atoms with Gasteiger partial charge in [0.05, 0.1) is 19.3 Å². The first-order valence-electron chi connectivity index (χ1n) is 7.52. The fourth-order valence-corrected chi connectivity index (χ4v) is 3.03. The Hall–Kier alpha value is -1.59. The number of nitrogens with one attached hydrogen (secondary N) is 1. The molecule has 0 bridgehead atoms. The maximum atomic E-state index is 12.3. The Morgan fingerprint density at radius 3 is 2.95 bits per heavy atom. The van der Waals surface area contributed by atoms with Gasteiger partial charge in [-0.15, -0.1) is 0 Å². The van der Waals surface area contributed by atoms with Crippen LogP contribution in [0.5, 0.6) is 5.75 Å². The molecule has 3 N–H and O–H groups in total. The van der Waals surface area contributed by atoms with Crippen molar-refractivity contribution in [2.75, 3.05) is 32.1 Å². The lowest BCUT2D eigenvalue weighted by molar-refractivity contribution is -0.118. The van der Waals surface area contributed by atoms with Crippen molar-refractivity contribution in [3.8, 4) is 5.75 Å². The number of nitrogens with zero attached hydrogens (tertiary/aromatic N) is 1. The minimum absolute atomic E-state index is 0.0212. The Morgan fingerprint density at radius 2 is 2.24 bits per heavy atom. The van der Waals surface area contributed by atoms with Gasteiger partial charge in [0, 0.05) is 12.6 Å². The van der Waals surface area contributed by atoms with Gasteiger partial charge in [0.2, 0.25) is 5.91 Å². The predicted octanol–water partition coefficient (Wildman–Crippen LogP) is 1.69. The highest BCUT2D eigenvalue weighted by atomic mass is 16.5. The van der Waals surface area contributed by atoms with Crippen LogP contribution >= 0.6 is 0 Å². The van der Waals surface area contributed by atoms with Crippen LogP contribution in [0.2, 0.25) is 0 Å². The third kappa shape index (κ3) is 3.95. The number of para-hydroxylation sites is 2. The van der Waals surface area contributed by atoms with Crippen molar-refractivity contribution in [3.05, 3.63) is 24.3 Å². The molecule has 1 aliphatic rings. The second kappa shape index (κ2) is 7.43. The minimum Gasteiger partial charge on any atom is -0.495 e. The standard InChI is InChI=1S/C16H25N3O2/c1-12-6-5-9-19(14(12)10-17)11-16(20)18-13-7-3-4-8-15(13)21-2/h3-4,7-8,12,14H,5-6,9-11,17H2,1-2H3,(H,18,20). The lowest BCUT2D eigenvalue weighted by atomic mass is 9.91. The Labute approximate surface area is 126 Å². The van der Waals surface area contributed by atoms with E-state index in [1.165, 1.54) is 6.42 Å². The van der Waals surface area contributed by atoms with Crippen molar-refractivity contribution in [1.29, 1.82) is 0 Å². The van der Waals surface area contributed by atoms with Gasteiger partial charge < -0.3 is 15.8 Å². The van der Waals surface area contributed by atoms with E-state index in [1.54, 1.807) is 7.11 Å². The molecule has 21 heavy (non-hydrogen) atoms. The van der Waals surface area contributed by atoms with E-state index >= 15 is 0 Å². The molecule has 2 unspecified atom stereocenters. The predicted molar refractivity (Wildman–Crippen MR) is 84.4 cm³/mol. The Bertz CT molecular complexity index is 478. The highest BCUT2D eigenvalue weighted by Crippen LogP contribution is 2.24. The van der Waals surface area contributed by atoms with E-state index in [0.29, 0.717) is 36.5 Å². The van der Waals surface area contributed by atoms with Gasteiger partial charge >= 0.3 is 0 Å². The molecular formula is C16H25N3O2. The topological polar surface area (TPSA) is 67.6 Å². The van der Waals surface area contributed by atoms with Crippen molar-refractivity contribution in [3.63, 3.8) is 0 Å². The molecular weight excluding hydrogens is 266 g/mol. The number of benzene rings is 1. The van der Waals surface area contributed by atoms with Crippen molar-refractivity contribution in [1.82, 2.24) is 4.90 Å². The monoisotopic (exact) mass is 291 g/mol. The number of anilines is 1. The van der Waals surface area contributed by atoms with Crippen molar-refractivity contribution < 1.29 is 9.53 Å². The van der Waals surface area contributed by atoms with Crippen LogP contribution < -0.4 is 15.8 Å². The fraction of sp³-hybridized carbons (Fsp3) is 0.562. The summed E-state index contributed by atoms with van der Waals surface area (Å²) in [6, 6.07) is 7.73. The molecule has 2 atom stereocenters. The van der Waals surface area contributed by atoms with Crippen molar-refractivity contribution in [2.45, 2.75) is 25.8 Å². The number of nitrogens with two attached hydrogens (primary N) is 1. The maximum absolute atomic E-state index is 12.3. The zero-order chi connectivity index (χ0) is 15.2. The van der Waals surface area contributed by atoms with Crippen LogP contribution in [0.15, 0.2) is 24.3 Å². The summed E-state index contributed by atoms with van der Waals surface area (Å²) in [4.78, 5) is 14.5. The summed E-state index contributed by atoms with van der Waals surface area (Å²) in [7, 11) is 1.60. The molecule has 0 radical (unpaired) electrons. The van der Waals surface area contributed by atoms with Gasteiger partial charge in [-0.05, 0) is 37.4 Å². The summed E-state index contributed by atoms with van der Waals surface area (Å²) in [5.41, 5.74) is 6.57. The first-order valence-corrected chi connectivity index (χ1v) is 7.52. The third-order valence-electron chi connectivity index (χ3n) is 4.20. The van der Waals surface area contributed by atoms with Crippen LogP contribution in [-0.4, -0.2) is 43.6 Å². The molecule has 1 aromatic carbocycles. The van der Waals surface area contributed by atoms with Crippen LogP contribution in [0.4, 0.5) is 5.69 Å². The molecule has 0 aromatic heterocycles. The first kappa shape index (κ1) is 15.8. The molecule has 1 aromatic rings. The second-order valence-corrected chi connectivity index (χ2v) is 5.64. The van der Waals surface area contributed by atoms with E-state index in [2.05, 4.69) is 17.1 Å². The number of carbonyl (C=O) groups excluding carboxylic acids is 1. The van der Waals surface area contributed by atoms with Crippen molar-refractivity contribution in [2.24, 2.45) is 11.7 Å². The summed E-state index contributed by atoms with van der Waals surface area (Å²) in [5.74, 6) is 1.20. The van der Waals surface area contributed by atoms with Gasteiger partial charge in [0.1, 0.15) is 5.75 Å². The number of methoxy groups -OCH3 is 1. The van der Waals surface area contributed by atoms with Gasteiger partial charge in [-0.3, -0.25) is 9.69 Å². The normalized spacial score (nSPS) is 22.8.